The minimum absolute atomic E-state index is 0.298. The van der Waals surface area contributed by atoms with E-state index in [0.717, 1.165) is 38.3 Å². The molecule has 4 nitrogen and oxygen atoms in total. The Balaban J connectivity index is 1.76. The molecule has 1 atom stereocenters. The van der Waals surface area contributed by atoms with Crippen molar-refractivity contribution in [1.29, 1.82) is 0 Å². The van der Waals surface area contributed by atoms with Crippen LogP contribution in [0.25, 0.3) is 0 Å². The molecular formula is C14H18ClN3O. The van der Waals surface area contributed by atoms with Crippen molar-refractivity contribution in [3.63, 3.8) is 0 Å². The van der Waals surface area contributed by atoms with E-state index in [9.17, 15) is 5.11 Å². The smallest absolute Gasteiger partial charge is 0.132 e. The highest BCUT2D eigenvalue weighted by molar-refractivity contribution is 6.30. The maximum Gasteiger partial charge on any atom is 0.132 e. The summed E-state index contributed by atoms with van der Waals surface area (Å²) in [6.45, 7) is 3.19. The van der Waals surface area contributed by atoms with Crippen LogP contribution in [0.3, 0.4) is 0 Å². The van der Waals surface area contributed by atoms with Crippen LogP contribution in [0.15, 0.2) is 30.2 Å². The van der Waals surface area contributed by atoms with Gasteiger partial charge in [0.25, 0.3) is 0 Å². The van der Waals surface area contributed by atoms with Gasteiger partial charge < -0.3 is 14.9 Å². The highest BCUT2D eigenvalue weighted by atomic mass is 35.5. The monoisotopic (exact) mass is 279 g/mol. The molecule has 1 saturated heterocycles. The third-order valence-electron chi connectivity index (χ3n) is 3.87. The zero-order chi connectivity index (χ0) is 13.2. The van der Waals surface area contributed by atoms with Gasteiger partial charge in [-0.3, -0.25) is 0 Å². The van der Waals surface area contributed by atoms with Gasteiger partial charge in [0, 0.05) is 44.3 Å². The summed E-state index contributed by atoms with van der Waals surface area (Å²) in [6, 6.07) is 3.83. The number of nitrogens with zero attached hydrogens (tertiary/aromatic N) is 3. The molecule has 2 aliphatic heterocycles. The Labute approximate surface area is 118 Å². The first-order chi connectivity index (χ1) is 9.26. The van der Waals surface area contributed by atoms with Crippen LogP contribution < -0.4 is 4.90 Å². The highest BCUT2D eigenvalue weighted by Crippen LogP contribution is 2.28. The fourth-order valence-electron chi connectivity index (χ4n) is 2.75. The van der Waals surface area contributed by atoms with Crippen molar-refractivity contribution >= 4 is 17.4 Å². The molecule has 0 aliphatic carbocycles. The quantitative estimate of drug-likeness (QED) is 0.900. The molecule has 2 aliphatic rings. The second-order valence-electron chi connectivity index (χ2n) is 5.18. The predicted octanol–water partition coefficient (Wildman–Crippen LogP) is 2.10. The number of hydrogen-bond donors (Lipinski definition) is 1. The van der Waals surface area contributed by atoms with Crippen molar-refractivity contribution < 1.29 is 5.11 Å². The van der Waals surface area contributed by atoms with Crippen LogP contribution in [0.2, 0.25) is 5.02 Å². The number of piperidine rings is 1. The van der Waals surface area contributed by atoms with Crippen molar-refractivity contribution in [3.05, 3.63) is 35.2 Å². The number of halogens is 1. The van der Waals surface area contributed by atoms with Crippen LogP contribution in [-0.2, 0) is 0 Å². The summed E-state index contributed by atoms with van der Waals surface area (Å²) in [5.41, 5.74) is 1.35. The highest BCUT2D eigenvalue weighted by Gasteiger charge is 2.26. The van der Waals surface area contributed by atoms with E-state index < -0.39 is 0 Å². The Morgan fingerprint density at radius 1 is 1.37 bits per heavy atom. The SMILES string of the molecule is OCC1CCC2=CN(c3ccc(Cl)cn3)CCN2C1. The van der Waals surface area contributed by atoms with Crippen molar-refractivity contribution in [2.75, 3.05) is 31.1 Å². The lowest BCUT2D eigenvalue weighted by atomic mass is 9.96. The molecule has 102 valence electrons. The summed E-state index contributed by atoms with van der Waals surface area (Å²) in [5.74, 6) is 1.37. The number of fused-ring (bicyclic) bond motifs is 1. The van der Waals surface area contributed by atoms with Gasteiger partial charge in [-0.05, 0) is 30.9 Å². The predicted molar refractivity (Wildman–Crippen MR) is 76.1 cm³/mol. The largest absolute Gasteiger partial charge is 0.396 e. The first kappa shape index (κ1) is 12.8. The van der Waals surface area contributed by atoms with Crippen LogP contribution in [0.4, 0.5) is 5.82 Å². The van der Waals surface area contributed by atoms with Crippen LogP contribution in [0, 0.1) is 5.92 Å². The number of pyridine rings is 1. The summed E-state index contributed by atoms with van der Waals surface area (Å²) < 4.78 is 0. The summed E-state index contributed by atoms with van der Waals surface area (Å²) in [7, 11) is 0. The number of aromatic nitrogens is 1. The zero-order valence-electron chi connectivity index (χ0n) is 10.8. The molecule has 0 aromatic carbocycles. The number of aliphatic hydroxyl groups excluding tert-OH is 1. The Kier molecular flexibility index (Phi) is 3.62. The van der Waals surface area contributed by atoms with Gasteiger partial charge in [0.2, 0.25) is 0 Å². The zero-order valence-corrected chi connectivity index (χ0v) is 11.6. The fourth-order valence-corrected chi connectivity index (χ4v) is 2.86. The molecule has 0 saturated carbocycles. The van der Waals surface area contributed by atoms with E-state index in [1.807, 2.05) is 12.1 Å². The van der Waals surface area contributed by atoms with E-state index in [4.69, 9.17) is 11.6 Å². The summed E-state index contributed by atoms with van der Waals surface area (Å²) in [4.78, 5) is 8.93. The van der Waals surface area contributed by atoms with Crippen molar-refractivity contribution in [3.8, 4) is 0 Å². The topological polar surface area (TPSA) is 39.6 Å². The van der Waals surface area contributed by atoms with Gasteiger partial charge >= 0.3 is 0 Å². The van der Waals surface area contributed by atoms with E-state index in [0.29, 0.717) is 17.5 Å². The first-order valence-corrected chi connectivity index (χ1v) is 7.09. The molecule has 1 fully saturated rings. The minimum Gasteiger partial charge on any atom is -0.396 e. The second-order valence-corrected chi connectivity index (χ2v) is 5.62. The molecule has 5 heteroatoms. The van der Waals surface area contributed by atoms with E-state index >= 15 is 0 Å². The molecule has 3 rings (SSSR count). The summed E-state index contributed by atoms with van der Waals surface area (Å²) >= 11 is 5.86. The molecule has 1 N–H and O–H groups in total. The molecule has 19 heavy (non-hydrogen) atoms. The number of anilines is 1. The van der Waals surface area contributed by atoms with Gasteiger partial charge in [0.1, 0.15) is 5.82 Å². The van der Waals surface area contributed by atoms with Crippen molar-refractivity contribution in [2.24, 2.45) is 5.92 Å². The molecule has 1 unspecified atom stereocenters. The van der Waals surface area contributed by atoms with Gasteiger partial charge in [-0.1, -0.05) is 11.6 Å². The van der Waals surface area contributed by atoms with E-state index in [-0.39, 0.29) is 0 Å². The summed E-state index contributed by atoms with van der Waals surface area (Å²) in [5, 5.41) is 9.92. The van der Waals surface area contributed by atoms with E-state index in [1.54, 1.807) is 6.20 Å². The average molecular weight is 280 g/mol. The molecule has 0 spiro atoms. The summed E-state index contributed by atoms with van der Waals surface area (Å²) in [6.07, 6.45) is 5.98. The average Bonchev–Trinajstić information content (AvgIpc) is 2.47. The lowest BCUT2D eigenvalue weighted by Gasteiger charge is -2.41. The maximum absolute atomic E-state index is 9.26. The van der Waals surface area contributed by atoms with Crippen molar-refractivity contribution in [1.82, 2.24) is 9.88 Å². The molecular weight excluding hydrogens is 262 g/mol. The molecule has 0 bridgehead atoms. The molecule has 1 aromatic rings. The number of aliphatic hydroxyl groups is 1. The lowest BCUT2D eigenvalue weighted by molar-refractivity contribution is 0.147. The Morgan fingerprint density at radius 2 is 2.26 bits per heavy atom. The Bertz CT molecular complexity index is 474. The maximum atomic E-state index is 9.26. The molecule has 0 amide bonds. The second kappa shape index (κ2) is 5.39. The fraction of sp³-hybridized carbons (Fsp3) is 0.500. The third kappa shape index (κ3) is 2.69. The van der Waals surface area contributed by atoms with E-state index in [1.165, 1.54) is 5.70 Å². The van der Waals surface area contributed by atoms with Crippen molar-refractivity contribution in [2.45, 2.75) is 12.8 Å². The van der Waals surface area contributed by atoms with Gasteiger partial charge in [0.15, 0.2) is 0 Å². The van der Waals surface area contributed by atoms with Crippen LogP contribution in [0.5, 0.6) is 0 Å². The van der Waals surface area contributed by atoms with Gasteiger partial charge in [-0.2, -0.15) is 0 Å². The first-order valence-electron chi connectivity index (χ1n) is 6.71. The van der Waals surface area contributed by atoms with Gasteiger partial charge in [-0.25, -0.2) is 4.98 Å². The third-order valence-corrected chi connectivity index (χ3v) is 4.10. The standard InChI is InChI=1S/C14H18ClN3O/c15-12-2-4-14(16-7-12)18-6-5-17-8-11(10-19)1-3-13(17)9-18/h2,4,7,9,11,19H,1,3,5-6,8,10H2. The number of rotatable bonds is 2. The number of allylic oxidation sites excluding steroid dienone is 1. The minimum atomic E-state index is 0.298. The van der Waals surface area contributed by atoms with E-state index in [2.05, 4.69) is 21.0 Å². The normalized spacial score (nSPS) is 23.1. The number of hydrogen-bond acceptors (Lipinski definition) is 4. The lowest BCUT2D eigenvalue weighted by Crippen LogP contribution is -2.44. The van der Waals surface area contributed by atoms with Crippen LogP contribution in [0.1, 0.15) is 12.8 Å². The van der Waals surface area contributed by atoms with Crippen LogP contribution >= 0.6 is 11.6 Å². The molecule has 3 heterocycles. The van der Waals surface area contributed by atoms with Gasteiger partial charge in [-0.15, -0.1) is 0 Å². The Morgan fingerprint density at radius 3 is 3.00 bits per heavy atom. The van der Waals surface area contributed by atoms with Crippen LogP contribution in [-0.4, -0.2) is 41.2 Å². The van der Waals surface area contributed by atoms with Gasteiger partial charge in [0.05, 0.1) is 5.02 Å². The molecule has 1 aromatic heterocycles. The Hall–Kier alpha value is -1.26. The molecule has 0 radical (unpaired) electrons.